The topological polar surface area (TPSA) is 47.0 Å². The molecule has 2 heterocycles. The highest BCUT2D eigenvalue weighted by Gasteiger charge is 2.10. The molecule has 0 aliphatic rings. The lowest BCUT2D eigenvalue weighted by Crippen LogP contribution is -1.95. The van der Waals surface area contributed by atoms with E-state index in [1.807, 2.05) is 36.4 Å². The van der Waals surface area contributed by atoms with E-state index in [0.29, 0.717) is 21.5 Å². The summed E-state index contributed by atoms with van der Waals surface area (Å²) in [6.45, 7) is 0. The number of anilines is 2. The average molecular weight is 422 g/mol. The number of methoxy groups -OCH3 is 1. The first-order valence-electron chi connectivity index (χ1n) is 8.91. The van der Waals surface area contributed by atoms with Crippen molar-refractivity contribution in [1.29, 1.82) is 0 Å². The Kier molecular flexibility index (Phi) is 5.65. The third kappa shape index (κ3) is 4.34. The van der Waals surface area contributed by atoms with Crippen molar-refractivity contribution < 1.29 is 4.74 Å². The Bertz CT molecular complexity index is 1190. The molecule has 0 radical (unpaired) electrons. The van der Waals surface area contributed by atoms with E-state index < -0.39 is 0 Å². The minimum atomic E-state index is 0.466. The molecule has 0 fully saturated rings. The predicted molar refractivity (Wildman–Crippen MR) is 121 cm³/mol. The maximum atomic E-state index is 6.35. The molecule has 6 heteroatoms. The summed E-state index contributed by atoms with van der Waals surface area (Å²) in [5.41, 5.74) is 4.64. The van der Waals surface area contributed by atoms with E-state index in [2.05, 4.69) is 27.4 Å². The molecule has 144 valence electrons. The van der Waals surface area contributed by atoms with Crippen molar-refractivity contribution in [2.45, 2.75) is 0 Å². The zero-order valence-electron chi connectivity index (χ0n) is 15.6. The molecule has 0 bridgehead atoms. The van der Waals surface area contributed by atoms with Crippen molar-refractivity contribution in [1.82, 2.24) is 9.97 Å². The van der Waals surface area contributed by atoms with Gasteiger partial charge >= 0.3 is 0 Å². The molecule has 2 aromatic heterocycles. The van der Waals surface area contributed by atoms with Gasteiger partial charge in [-0.1, -0.05) is 47.5 Å². The fourth-order valence-corrected chi connectivity index (χ4v) is 3.48. The number of aromatic nitrogens is 2. The Labute approximate surface area is 178 Å². The van der Waals surface area contributed by atoms with Gasteiger partial charge in [-0.25, -0.2) is 0 Å². The molecule has 0 amide bonds. The Morgan fingerprint density at radius 3 is 2.41 bits per heavy atom. The van der Waals surface area contributed by atoms with Crippen molar-refractivity contribution in [2.24, 2.45) is 0 Å². The number of hydrogen-bond donors (Lipinski definition) is 1. The zero-order valence-corrected chi connectivity index (χ0v) is 17.1. The Balaban J connectivity index is 1.66. The van der Waals surface area contributed by atoms with Crippen LogP contribution < -0.4 is 10.1 Å². The first-order valence-corrected chi connectivity index (χ1v) is 9.66. The first kappa shape index (κ1) is 19.2. The maximum absolute atomic E-state index is 6.35. The number of benzene rings is 2. The van der Waals surface area contributed by atoms with Crippen LogP contribution in [0.3, 0.4) is 0 Å². The fraction of sp³-hybridized carbons (Fsp3) is 0.0435. The van der Waals surface area contributed by atoms with E-state index >= 15 is 0 Å². The molecule has 1 N–H and O–H groups in total. The van der Waals surface area contributed by atoms with E-state index in [-0.39, 0.29) is 0 Å². The largest absolute Gasteiger partial charge is 0.495 e. The van der Waals surface area contributed by atoms with Crippen LogP contribution in [-0.4, -0.2) is 17.1 Å². The summed E-state index contributed by atoms with van der Waals surface area (Å²) < 4.78 is 5.29. The number of fused-ring (bicyclic) bond motifs is 1. The zero-order chi connectivity index (χ0) is 20.2. The minimum absolute atomic E-state index is 0.466. The molecule has 0 spiro atoms. The minimum Gasteiger partial charge on any atom is -0.495 e. The number of halogens is 2. The van der Waals surface area contributed by atoms with E-state index in [4.69, 9.17) is 27.9 Å². The van der Waals surface area contributed by atoms with Gasteiger partial charge in [0, 0.05) is 35.7 Å². The lowest BCUT2D eigenvalue weighted by Gasteiger charge is -2.13. The fourth-order valence-electron chi connectivity index (χ4n) is 2.97. The van der Waals surface area contributed by atoms with Crippen LogP contribution in [0.1, 0.15) is 11.1 Å². The molecule has 0 saturated heterocycles. The van der Waals surface area contributed by atoms with Crippen LogP contribution in [0.15, 0.2) is 67.1 Å². The number of nitrogens with one attached hydrogen (secondary N) is 1. The Hall–Kier alpha value is -3.08. The molecule has 0 aliphatic carbocycles. The normalized spacial score (nSPS) is 11.1. The summed E-state index contributed by atoms with van der Waals surface area (Å²) in [5.74, 6) is 0.556. The monoisotopic (exact) mass is 421 g/mol. The highest BCUT2D eigenvalue weighted by atomic mass is 35.5. The van der Waals surface area contributed by atoms with Gasteiger partial charge in [0.15, 0.2) is 0 Å². The smallest absolute Gasteiger partial charge is 0.139 e. The molecule has 4 aromatic rings. The van der Waals surface area contributed by atoms with Crippen LogP contribution in [-0.2, 0) is 0 Å². The van der Waals surface area contributed by atoms with Crippen molar-refractivity contribution in [3.05, 3.63) is 88.3 Å². The van der Waals surface area contributed by atoms with E-state index in [1.54, 1.807) is 37.8 Å². The number of ether oxygens (including phenoxy) is 1. The second-order valence-electron chi connectivity index (χ2n) is 6.34. The third-order valence-corrected chi connectivity index (χ3v) is 5.06. The van der Waals surface area contributed by atoms with Gasteiger partial charge in [-0.3, -0.25) is 9.97 Å². The summed E-state index contributed by atoms with van der Waals surface area (Å²) >= 11 is 12.5. The van der Waals surface area contributed by atoms with Gasteiger partial charge in [0.2, 0.25) is 0 Å². The molecule has 4 nitrogen and oxygen atoms in total. The molecule has 2 aromatic carbocycles. The first-order chi connectivity index (χ1) is 14.1. The number of nitrogens with zero attached hydrogens (tertiary/aromatic N) is 2. The Morgan fingerprint density at radius 1 is 0.828 bits per heavy atom. The molecule has 0 atom stereocenters. The molecule has 29 heavy (non-hydrogen) atoms. The van der Waals surface area contributed by atoms with Crippen molar-refractivity contribution in [3.8, 4) is 5.75 Å². The quantitative estimate of drug-likeness (QED) is 0.382. The maximum Gasteiger partial charge on any atom is 0.139 e. The summed E-state index contributed by atoms with van der Waals surface area (Å²) in [4.78, 5) is 8.54. The van der Waals surface area contributed by atoms with Gasteiger partial charge in [0.1, 0.15) is 5.75 Å². The molecule has 0 saturated carbocycles. The highest BCUT2D eigenvalue weighted by Crippen LogP contribution is 2.36. The molecule has 0 aliphatic heterocycles. The number of rotatable bonds is 5. The van der Waals surface area contributed by atoms with Gasteiger partial charge < -0.3 is 10.1 Å². The SMILES string of the molecule is COc1cc(Nc2ccnc3cc(C=Cc4ccncc4)ccc23)c(Cl)cc1Cl. The second-order valence-corrected chi connectivity index (χ2v) is 7.15. The summed E-state index contributed by atoms with van der Waals surface area (Å²) in [6, 6.07) is 15.4. The standard InChI is InChI=1S/C23H17Cl2N3O/c1-29-23-14-22(18(24)13-19(23)25)28-20-8-11-27-21-12-16(4-5-17(20)21)3-2-15-6-9-26-10-7-15/h2-14H,1H3,(H,27,28). The van der Waals surface area contributed by atoms with Crippen LogP contribution in [0, 0.1) is 0 Å². The lowest BCUT2D eigenvalue weighted by atomic mass is 10.1. The highest BCUT2D eigenvalue weighted by molar-refractivity contribution is 6.37. The molecule has 4 rings (SSSR count). The Morgan fingerprint density at radius 2 is 1.62 bits per heavy atom. The lowest BCUT2D eigenvalue weighted by molar-refractivity contribution is 0.415. The number of hydrogen-bond acceptors (Lipinski definition) is 4. The third-order valence-electron chi connectivity index (χ3n) is 4.45. The van der Waals surface area contributed by atoms with Gasteiger partial charge in [0.05, 0.1) is 28.4 Å². The number of pyridine rings is 2. The van der Waals surface area contributed by atoms with Gasteiger partial charge in [0.25, 0.3) is 0 Å². The predicted octanol–water partition coefficient (Wildman–Crippen LogP) is 6.86. The van der Waals surface area contributed by atoms with Crippen molar-refractivity contribution in [2.75, 3.05) is 12.4 Å². The average Bonchev–Trinajstić information content (AvgIpc) is 2.75. The van der Waals surface area contributed by atoms with Crippen LogP contribution in [0.2, 0.25) is 10.0 Å². The molecular weight excluding hydrogens is 405 g/mol. The van der Waals surface area contributed by atoms with Crippen molar-refractivity contribution >= 4 is 57.6 Å². The summed E-state index contributed by atoms with van der Waals surface area (Å²) in [6.07, 6.45) is 9.41. The van der Waals surface area contributed by atoms with E-state index in [9.17, 15) is 0 Å². The second kappa shape index (κ2) is 8.52. The van der Waals surface area contributed by atoms with E-state index in [0.717, 1.165) is 27.7 Å². The van der Waals surface area contributed by atoms with Crippen LogP contribution in [0.25, 0.3) is 23.1 Å². The van der Waals surface area contributed by atoms with Crippen LogP contribution in [0.4, 0.5) is 11.4 Å². The van der Waals surface area contributed by atoms with Gasteiger partial charge in [-0.2, -0.15) is 0 Å². The summed E-state index contributed by atoms with van der Waals surface area (Å²) in [5, 5.41) is 5.32. The molecule has 0 unspecified atom stereocenters. The van der Waals surface area contributed by atoms with Gasteiger partial charge in [-0.15, -0.1) is 0 Å². The van der Waals surface area contributed by atoms with Crippen molar-refractivity contribution in [3.63, 3.8) is 0 Å². The van der Waals surface area contributed by atoms with Gasteiger partial charge in [-0.05, 0) is 41.5 Å². The van der Waals surface area contributed by atoms with Crippen LogP contribution in [0.5, 0.6) is 5.75 Å². The van der Waals surface area contributed by atoms with Crippen LogP contribution >= 0.6 is 23.2 Å². The van der Waals surface area contributed by atoms with E-state index in [1.165, 1.54) is 0 Å². The summed E-state index contributed by atoms with van der Waals surface area (Å²) in [7, 11) is 1.57. The molecular formula is C23H17Cl2N3O.